The summed E-state index contributed by atoms with van der Waals surface area (Å²) in [5.41, 5.74) is 0. The summed E-state index contributed by atoms with van der Waals surface area (Å²) in [4.78, 5) is 0. The van der Waals surface area contributed by atoms with Gasteiger partial charge in [-0.2, -0.15) is 0 Å². The molecule has 0 rings (SSSR count). The fraction of sp³-hybridized carbons (Fsp3) is 0. The van der Waals surface area contributed by atoms with Crippen molar-refractivity contribution >= 4 is 91.9 Å². The van der Waals surface area contributed by atoms with Crippen LogP contribution < -0.4 is 29.6 Å². The van der Waals surface area contributed by atoms with E-state index < -0.39 is 0 Å². The molecule has 0 saturated carbocycles. The van der Waals surface area contributed by atoms with Crippen molar-refractivity contribution in [2.24, 2.45) is 0 Å². The van der Waals surface area contributed by atoms with Gasteiger partial charge in [0.2, 0.25) is 0 Å². The molecule has 0 aliphatic carbocycles. The van der Waals surface area contributed by atoms with Crippen molar-refractivity contribution in [2.75, 3.05) is 0 Å². The third-order valence-corrected chi connectivity index (χ3v) is 0. The molecule has 0 N–H and O–H groups in total. The second-order valence-corrected chi connectivity index (χ2v) is 0. The Kier molecular flexibility index (Phi) is 700. The SMILES string of the molecule is [Mo].[Na+].[S-2].[S-2].[S-2].[S-2].[S-2].[Sb+3]. The molecule has 0 aliphatic rings. The van der Waals surface area contributed by atoms with Crippen LogP contribution in [0, 0.1) is 0 Å². The van der Waals surface area contributed by atoms with Gasteiger partial charge in [-0.1, -0.05) is 0 Å². The van der Waals surface area contributed by atoms with E-state index in [1.165, 1.54) is 0 Å². The van der Waals surface area contributed by atoms with Crippen molar-refractivity contribution in [1.82, 2.24) is 0 Å². The minimum Gasteiger partial charge on any atom is -2.00 e. The Morgan fingerprint density at radius 3 is 0.500 bits per heavy atom. The maximum absolute atomic E-state index is 0. The minimum atomic E-state index is 0. The summed E-state index contributed by atoms with van der Waals surface area (Å²) in [5.74, 6) is 0. The second kappa shape index (κ2) is 65.4. The summed E-state index contributed by atoms with van der Waals surface area (Å²) in [6.45, 7) is 0. The number of hydrogen-bond acceptors (Lipinski definition) is 0. The van der Waals surface area contributed by atoms with Gasteiger partial charge < -0.3 is 67.5 Å². The summed E-state index contributed by atoms with van der Waals surface area (Å²) < 4.78 is 0. The van der Waals surface area contributed by atoms with E-state index in [9.17, 15) is 0 Å². The molecule has 0 atom stereocenters. The zero-order valence-corrected chi connectivity index (χ0v) is 14.5. The molecule has 0 aromatic rings. The van der Waals surface area contributed by atoms with Crippen LogP contribution in [0.15, 0.2) is 0 Å². The summed E-state index contributed by atoms with van der Waals surface area (Å²) in [7, 11) is 0. The Morgan fingerprint density at radius 2 is 0.500 bits per heavy atom. The minimum absolute atomic E-state index is 0. The predicted molar refractivity (Wildman–Crippen MR) is 42.6 cm³/mol. The molecule has 8 heavy (non-hydrogen) atoms. The summed E-state index contributed by atoms with van der Waals surface area (Å²) in [5, 5.41) is 0. The maximum Gasteiger partial charge on any atom is 3.00 e. The second-order valence-electron chi connectivity index (χ2n) is 0. The first kappa shape index (κ1) is 85.7. The molecule has 8 heteroatoms. The van der Waals surface area contributed by atoms with Crippen molar-refractivity contribution in [2.45, 2.75) is 0 Å². The summed E-state index contributed by atoms with van der Waals surface area (Å²) in [6.07, 6.45) is 0. The Bertz CT molecular complexity index is 12.4. The van der Waals surface area contributed by atoms with Gasteiger partial charge in [0.25, 0.3) is 0 Å². The molecule has 0 spiro atoms. The standard InChI is InChI=1S/Mo.Na.5S.Sb/q;+1;5*-2;+3. The first-order valence-electron chi connectivity index (χ1n) is 0. The van der Waals surface area contributed by atoms with Gasteiger partial charge in [0.05, 0.1) is 0 Å². The van der Waals surface area contributed by atoms with Gasteiger partial charge in [-0.15, -0.1) is 0 Å². The van der Waals surface area contributed by atoms with Gasteiger partial charge in [-0.25, -0.2) is 0 Å². The van der Waals surface area contributed by atoms with Gasteiger partial charge in [-0.3, -0.25) is 0 Å². The van der Waals surface area contributed by atoms with Crippen LogP contribution in [0.25, 0.3) is 0 Å². The van der Waals surface area contributed by atoms with Gasteiger partial charge in [0.15, 0.2) is 0 Å². The molecule has 0 aromatic carbocycles. The monoisotopic (exact) mass is 402 g/mol. The fourth-order valence-corrected chi connectivity index (χ4v) is 0. The van der Waals surface area contributed by atoms with Crippen molar-refractivity contribution in [3.8, 4) is 0 Å². The summed E-state index contributed by atoms with van der Waals surface area (Å²) in [6, 6.07) is 0. The fourth-order valence-electron chi connectivity index (χ4n) is 0. The molecule has 0 amide bonds. The average molecular weight is 401 g/mol. The Morgan fingerprint density at radius 1 is 0.500 bits per heavy atom. The maximum atomic E-state index is 0. The third kappa shape index (κ3) is 48.5. The van der Waals surface area contributed by atoms with Crippen LogP contribution in [0.2, 0.25) is 0 Å². The van der Waals surface area contributed by atoms with E-state index in [0.717, 1.165) is 0 Å². The van der Waals surface area contributed by atoms with E-state index in [0.29, 0.717) is 0 Å². The quantitative estimate of drug-likeness (QED) is 0.372. The molecule has 0 bridgehead atoms. The molecule has 48 valence electrons. The molecular formula is MoNaS5Sb-6. The zero-order chi connectivity index (χ0) is 0. The van der Waals surface area contributed by atoms with E-state index in [1.807, 2.05) is 0 Å². The van der Waals surface area contributed by atoms with Crippen LogP contribution in [0.5, 0.6) is 0 Å². The average Bonchev–Trinajstić information content (AvgIpc) is 0. The van der Waals surface area contributed by atoms with Crippen LogP contribution in [0.3, 0.4) is 0 Å². The Labute approximate surface area is 140 Å². The van der Waals surface area contributed by atoms with E-state index in [4.69, 9.17) is 0 Å². The van der Waals surface area contributed by atoms with Crippen molar-refractivity contribution < 1.29 is 50.6 Å². The van der Waals surface area contributed by atoms with Crippen LogP contribution in [-0.4, -0.2) is 24.4 Å². The van der Waals surface area contributed by atoms with Crippen LogP contribution in [0.4, 0.5) is 0 Å². The molecule has 0 heterocycles. The van der Waals surface area contributed by atoms with Crippen molar-refractivity contribution in [1.29, 1.82) is 0 Å². The molecule has 0 aromatic heterocycles. The molecule has 0 saturated heterocycles. The van der Waals surface area contributed by atoms with Gasteiger partial charge in [-0.05, 0) is 0 Å². The smallest absolute Gasteiger partial charge is 2.00 e. The van der Waals surface area contributed by atoms with Crippen molar-refractivity contribution in [3.05, 3.63) is 0 Å². The molecule has 0 fully saturated rings. The van der Waals surface area contributed by atoms with Gasteiger partial charge >= 0.3 is 54.0 Å². The third-order valence-electron chi connectivity index (χ3n) is 0. The van der Waals surface area contributed by atoms with E-state index in [-0.39, 0.29) is 143 Å². The zero-order valence-electron chi connectivity index (χ0n) is 3.90. The number of rotatable bonds is 0. The van der Waals surface area contributed by atoms with Crippen molar-refractivity contribution in [3.63, 3.8) is 0 Å². The van der Waals surface area contributed by atoms with Crippen LogP contribution >= 0.6 is 0 Å². The Balaban J connectivity index is 0. The molecule has 0 aliphatic heterocycles. The molecular weight excluding hydrogens is 401 g/mol. The predicted octanol–water partition coefficient (Wildman–Crippen LogP) is -3.39. The summed E-state index contributed by atoms with van der Waals surface area (Å²) >= 11 is 0. The first-order chi connectivity index (χ1) is 0. The first-order valence-corrected chi connectivity index (χ1v) is 0. The normalized spacial score (nSPS) is 0. The van der Waals surface area contributed by atoms with E-state index in [1.54, 1.807) is 0 Å². The molecule has 2 radical (unpaired) electrons. The van der Waals surface area contributed by atoms with Gasteiger partial charge in [0.1, 0.15) is 0 Å². The largest absolute Gasteiger partial charge is 3.00 e. The van der Waals surface area contributed by atoms with Gasteiger partial charge in [0, 0.05) is 21.1 Å². The topological polar surface area (TPSA) is 0 Å². The molecule has 0 unspecified atom stereocenters. The number of hydrogen-bond donors (Lipinski definition) is 0. The van der Waals surface area contributed by atoms with E-state index >= 15 is 0 Å². The van der Waals surface area contributed by atoms with Crippen LogP contribution in [-0.2, 0) is 88.5 Å². The van der Waals surface area contributed by atoms with Crippen LogP contribution in [0.1, 0.15) is 0 Å². The Hall–Kier alpha value is 4.26. The molecule has 0 nitrogen and oxygen atoms in total. The van der Waals surface area contributed by atoms with E-state index in [2.05, 4.69) is 0 Å².